The van der Waals surface area contributed by atoms with Gasteiger partial charge in [0.05, 0.1) is 5.75 Å². The Morgan fingerprint density at radius 3 is 2.67 bits per heavy atom. The molecule has 6 nitrogen and oxygen atoms in total. The third kappa shape index (κ3) is 4.51. The minimum absolute atomic E-state index is 0.0900. The monoisotopic (exact) mass is 446 g/mol. The van der Waals surface area contributed by atoms with Gasteiger partial charge < -0.3 is 9.73 Å². The third-order valence-corrected chi connectivity index (χ3v) is 5.29. The predicted molar refractivity (Wildman–Crippen MR) is 111 cm³/mol. The molecule has 3 aromatic rings. The number of hydrogen-bond acceptors (Lipinski definition) is 5. The van der Waals surface area contributed by atoms with E-state index in [1.807, 2.05) is 42.7 Å². The number of para-hydroxylation sites is 1. The number of aryl methyl sites for hydroxylation is 2. The molecule has 0 aliphatic carbocycles. The fraction of sp³-hybridized carbons (Fsp3) is 0.211. The highest BCUT2D eigenvalue weighted by atomic mass is 79.9. The fourth-order valence-electron chi connectivity index (χ4n) is 2.62. The first kappa shape index (κ1) is 19.4. The summed E-state index contributed by atoms with van der Waals surface area (Å²) < 4.78 is 8.06. The Balaban J connectivity index is 1.73. The van der Waals surface area contributed by atoms with Crippen molar-refractivity contribution in [1.82, 2.24) is 14.8 Å². The molecule has 0 aliphatic rings. The van der Waals surface area contributed by atoms with E-state index in [4.69, 9.17) is 4.42 Å². The second kappa shape index (κ2) is 8.58. The number of nitrogens with one attached hydrogen (secondary N) is 1. The molecule has 140 valence electrons. The van der Waals surface area contributed by atoms with E-state index in [0.717, 1.165) is 16.8 Å². The van der Waals surface area contributed by atoms with Crippen molar-refractivity contribution in [1.29, 1.82) is 0 Å². The van der Waals surface area contributed by atoms with Gasteiger partial charge in [0, 0.05) is 12.2 Å². The summed E-state index contributed by atoms with van der Waals surface area (Å²) in [5.41, 5.74) is 2.93. The molecule has 0 aliphatic heterocycles. The number of allylic oxidation sites excluding steroid dienone is 1. The Morgan fingerprint density at radius 2 is 2.04 bits per heavy atom. The maximum atomic E-state index is 12.4. The van der Waals surface area contributed by atoms with E-state index in [2.05, 4.69) is 38.0 Å². The summed E-state index contributed by atoms with van der Waals surface area (Å²) in [6, 6.07) is 9.54. The van der Waals surface area contributed by atoms with Crippen LogP contribution in [0.4, 0.5) is 5.69 Å². The molecule has 1 aromatic carbocycles. The van der Waals surface area contributed by atoms with Crippen LogP contribution in [0.5, 0.6) is 0 Å². The molecule has 0 bridgehead atoms. The van der Waals surface area contributed by atoms with Gasteiger partial charge in [-0.3, -0.25) is 9.36 Å². The number of carbonyl (C=O) groups excluding carboxylic acids is 1. The Kier molecular flexibility index (Phi) is 6.18. The first-order valence-corrected chi connectivity index (χ1v) is 10.1. The van der Waals surface area contributed by atoms with E-state index in [9.17, 15) is 4.79 Å². The van der Waals surface area contributed by atoms with Crippen LogP contribution in [0.1, 0.15) is 11.1 Å². The molecule has 0 saturated carbocycles. The normalized spacial score (nSPS) is 10.8. The first-order chi connectivity index (χ1) is 13.0. The van der Waals surface area contributed by atoms with Crippen molar-refractivity contribution in [2.45, 2.75) is 25.5 Å². The molecule has 3 rings (SSSR count). The highest BCUT2D eigenvalue weighted by Gasteiger charge is 2.17. The van der Waals surface area contributed by atoms with Crippen LogP contribution in [0.25, 0.3) is 11.6 Å². The Morgan fingerprint density at radius 1 is 1.30 bits per heavy atom. The van der Waals surface area contributed by atoms with Crippen molar-refractivity contribution in [3.05, 3.63) is 58.8 Å². The van der Waals surface area contributed by atoms with Crippen LogP contribution in [-0.2, 0) is 11.3 Å². The SMILES string of the molecule is C=CCn1c(SCC(=O)Nc2c(C)cccc2C)nnc1-c1ccc(Br)o1. The van der Waals surface area contributed by atoms with Crippen molar-refractivity contribution in [2.24, 2.45) is 0 Å². The van der Waals surface area contributed by atoms with Gasteiger partial charge in [0.25, 0.3) is 0 Å². The minimum atomic E-state index is -0.0900. The van der Waals surface area contributed by atoms with Crippen molar-refractivity contribution in [2.75, 3.05) is 11.1 Å². The topological polar surface area (TPSA) is 73.0 Å². The summed E-state index contributed by atoms with van der Waals surface area (Å²) in [6.45, 7) is 8.25. The molecule has 1 amide bonds. The summed E-state index contributed by atoms with van der Waals surface area (Å²) in [5.74, 6) is 1.33. The minimum Gasteiger partial charge on any atom is -0.446 e. The zero-order valence-corrected chi connectivity index (χ0v) is 17.4. The van der Waals surface area contributed by atoms with Crippen LogP contribution < -0.4 is 5.32 Å². The molecule has 0 saturated heterocycles. The molecule has 0 atom stereocenters. The molecular weight excluding hydrogens is 428 g/mol. The Hall–Kier alpha value is -2.32. The summed E-state index contributed by atoms with van der Waals surface area (Å²) in [6.07, 6.45) is 1.76. The maximum Gasteiger partial charge on any atom is 0.234 e. The summed E-state index contributed by atoms with van der Waals surface area (Å²) in [4.78, 5) is 12.4. The zero-order chi connectivity index (χ0) is 19.4. The fourth-order valence-corrected chi connectivity index (χ4v) is 3.68. The van der Waals surface area contributed by atoms with Crippen LogP contribution in [0.2, 0.25) is 0 Å². The number of thioether (sulfide) groups is 1. The van der Waals surface area contributed by atoms with Crippen molar-refractivity contribution in [3.63, 3.8) is 0 Å². The van der Waals surface area contributed by atoms with E-state index < -0.39 is 0 Å². The van der Waals surface area contributed by atoms with E-state index in [0.29, 0.717) is 28.0 Å². The first-order valence-electron chi connectivity index (χ1n) is 8.28. The third-order valence-electron chi connectivity index (χ3n) is 3.90. The molecule has 2 heterocycles. The molecule has 27 heavy (non-hydrogen) atoms. The number of benzene rings is 1. The van der Waals surface area contributed by atoms with Crippen LogP contribution in [0, 0.1) is 13.8 Å². The van der Waals surface area contributed by atoms with Crippen LogP contribution in [0.3, 0.4) is 0 Å². The largest absolute Gasteiger partial charge is 0.446 e. The van der Waals surface area contributed by atoms with Crippen LogP contribution in [-0.4, -0.2) is 26.4 Å². The molecule has 0 radical (unpaired) electrons. The van der Waals surface area contributed by atoms with E-state index >= 15 is 0 Å². The van der Waals surface area contributed by atoms with Gasteiger partial charge in [-0.25, -0.2) is 0 Å². The predicted octanol–water partition coefficient (Wildman–Crippen LogP) is 4.83. The second-order valence-corrected chi connectivity index (χ2v) is 7.64. The van der Waals surface area contributed by atoms with Gasteiger partial charge in [-0.15, -0.1) is 16.8 Å². The molecule has 0 spiro atoms. The number of hydrogen-bond donors (Lipinski definition) is 1. The highest BCUT2D eigenvalue weighted by molar-refractivity contribution is 9.10. The van der Waals surface area contributed by atoms with Gasteiger partial charge in [-0.1, -0.05) is 36.0 Å². The quantitative estimate of drug-likeness (QED) is 0.415. The number of carbonyl (C=O) groups is 1. The van der Waals surface area contributed by atoms with Crippen LogP contribution in [0.15, 0.2) is 57.2 Å². The van der Waals surface area contributed by atoms with Crippen molar-refractivity contribution in [3.8, 4) is 11.6 Å². The van der Waals surface area contributed by atoms with Gasteiger partial charge in [-0.05, 0) is 53.0 Å². The number of anilines is 1. The lowest BCUT2D eigenvalue weighted by atomic mass is 10.1. The van der Waals surface area contributed by atoms with E-state index in [1.54, 1.807) is 12.1 Å². The highest BCUT2D eigenvalue weighted by Crippen LogP contribution is 2.27. The summed E-state index contributed by atoms with van der Waals surface area (Å²) in [7, 11) is 0. The second-order valence-electron chi connectivity index (χ2n) is 5.91. The standard InChI is InChI=1S/C19H19BrN4O2S/c1-4-10-24-18(14-8-9-15(20)26-14)22-23-19(24)27-11-16(25)21-17-12(2)6-5-7-13(17)3/h4-9H,1,10-11H2,2-3H3,(H,21,25). The molecule has 0 fully saturated rings. The van der Waals surface area contributed by atoms with Crippen molar-refractivity contribution < 1.29 is 9.21 Å². The lowest BCUT2D eigenvalue weighted by Crippen LogP contribution is -2.16. The maximum absolute atomic E-state index is 12.4. The number of halogens is 1. The van der Waals surface area contributed by atoms with E-state index in [-0.39, 0.29) is 11.7 Å². The lowest BCUT2D eigenvalue weighted by molar-refractivity contribution is -0.113. The molecule has 2 aromatic heterocycles. The molecule has 8 heteroatoms. The average Bonchev–Trinajstić information content (AvgIpc) is 3.23. The number of aromatic nitrogens is 3. The number of nitrogens with zero attached hydrogens (tertiary/aromatic N) is 3. The number of rotatable bonds is 7. The van der Waals surface area contributed by atoms with Gasteiger partial charge in [0.1, 0.15) is 0 Å². The summed E-state index contributed by atoms with van der Waals surface area (Å²) >= 11 is 4.61. The van der Waals surface area contributed by atoms with Crippen LogP contribution >= 0.6 is 27.7 Å². The summed E-state index contributed by atoms with van der Waals surface area (Å²) in [5, 5.41) is 12.0. The Labute approximate surface area is 170 Å². The number of amides is 1. The molecular formula is C19H19BrN4O2S. The lowest BCUT2D eigenvalue weighted by Gasteiger charge is -2.11. The smallest absolute Gasteiger partial charge is 0.234 e. The molecule has 0 unspecified atom stereocenters. The van der Waals surface area contributed by atoms with Gasteiger partial charge in [-0.2, -0.15) is 0 Å². The van der Waals surface area contributed by atoms with E-state index in [1.165, 1.54) is 11.8 Å². The zero-order valence-electron chi connectivity index (χ0n) is 15.0. The van der Waals surface area contributed by atoms with Gasteiger partial charge >= 0.3 is 0 Å². The average molecular weight is 447 g/mol. The van der Waals surface area contributed by atoms with Gasteiger partial charge in [0.2, 0.25) is 11.7 Å². The van der Waals surface area contributed by atoms with Crippen molar-refractivity contribution >= 4 is 39.3 Å². The Bertz CT molecular complexity index is 960. The number of furan rings is 1. The molecule has 1 N–H and O–H groups in total. The van der Waals surface area contributed by atoms with Gasteiger partial charge in [0.15, 0.2) is 15.6 Å².